The highest BCUT2D eigenvalue weighted by Crippen LogP contribution is 2.36. The molecule has 5 rings (SSSR count). The van der Waals surface area contributed by atoms with Gasteiger partial charge in [-0.05, 0) is 77.5 Å². The molecule has 4 aromatic rings. The van der Waals surface area contributed by atoms with Crippen molar-refractivity contribution in [1.29, 1.82) is 0 Å². The Kier molecular flexibility index (Phi) is 8.09. The zero-order chi connectivity index (χ0) is 28.2. The summed E-state index contributed by atoms with van der Waals surface area (Å²) in [4.78, 5) is 29.7. The minimum Gasteiger partial charge on any atom is -0.496 e. The first-order chi connectivity index (χ1) is 19.4. The molecule has 40 heavy (non-hydrogen) atoms. The zero-order valence-corrected chi connectivity index (χ0v) is 23.4. The van der Waals surface area contributed by atoms with Gasteiger partial charge in [0, 0.05) is 23.8 Å². The first-order valence-electron chi connectivity index (χ1n) is 12.4. The lowest BCUT2D eigenvalue weighted by Crippen LogP contribution is -2.29. The van der Waals surface area contributed by atoms with Gasteiger partial charge in [-0.25, -0.2) is 4.79 Å². The minimum atomic E-state index is -1.05. The largest absolute Gasteiger partial charge is 0.496 e. The molecule has 1 aromatic heterocycles. The maximum atomic E-state index is 13.2. The van der Waals surface area contributed by atoms with Gasteiger partial charge in [0.1, 0.15) is 10.1 Å². The number of aromatic nitrogens is 1. The van der Waals surface area contributed by atoms with E-state index in [1.807, 2.05) is 48.7 Å². The fraction of sp³-hybridized carbons (Fsp3) is 0.167. The smallest absolute Gasteiger partial charge is 0.335 e. The lowest BCUT2D eigenvalue weighted by molar-refractivity contribution is -0.122. The quantitative estimate of drug-likeness (QED) is 0.131. The van der Waals surface area contributed by atoms with E-state index in [0.717, 1.165) is 33.3 Å². The van der Waals surface area contributed by atoms with Crippen LogP contribution in [0.3, 0.4) is 0 Å². The van der Waals surface area contributed by atoms with Crippen molar-refractivity contribution in [3.05, 3.63) is 82.9 Å². The summed E-state index contributed by atoms with van der Waals surface area (Å²) in [6.07, 6.45) is 4.28. The Morgan fingerprint density at radius 3 is 2.60 bits per heavy atom. The van der Waals surface area contributed by atoms with Crippen molar-refractivity contribution in [2.75, 3.05) is 27.4 Å². The molecule has 0 aliphatic carbocycles. The van der Waals surface area contributed by atoms with Crippen molar-refractivity contribution in [2.24, 2.45) is 0 Å². The van der Waals surface area contributed by atoms with Crippen LogP contribution in [0.5, 0.6) is 17.2 Å². The number of aromatic carboxylic acids is 1. The number of nitrogens with one attached hydrogen (secondary N) is 1. The Bertz CT molecular complexity index is 1640. The maximum absolute atomic E-state index is 13.2. The van der Waals surface area contributed by atoms with E-state index >= 15 is 0 Å². The summed E-state index contributed by atoms with van der Waals surface area (Å²) in [5, 5.41) is 10.3. The van der Waals surface area contributed by atoms with E-state index in [2.05, 4.69) is 11.1 Å². The van der Waals surface area contributed by atoms with Crippen LogP contribution in [0.1, 0.15) is 22.3 Å². The molecule has 1 fully saturated rings. The predicted molar refractivity (Wildman–Crippen MR) is 160 cm³/mol. The van der Waals surface area contributed by atoms with E-state index in [9.17, 15) is 9.59 Å². The van der Waals surface area contributed by atoms with Crippen molar-refractivity contribution in [1.82, 2.24) is 9.88 Å². The van der Waals surface area contributed by atoms with Crippen LogP contribution in [0, 0.1) is 0 Å². The Labute approximate surface area is 240 Å². The Hall–Kier alpha value is -4.28. The van der Waals surface area contributed by atoms with Gasteiger partial charge < -0.3 is 24.3 Å². The second-order valence-corrected chi connectivity index (χ2v) is 10.6. The molecule has 2 heterocycles. The number of nitrogens with zero attached hydrogens (tertiary/aromatic N) is 1. The molecule has 0 spiro atoms. The number of amides is 1. The number of thiocarbonyl (C=S) groups is 1. The molecule has 0 saturated carbocycles. The molecule has 0 atom stereocenters. The number of ether oxygens (including phenoxy) is 3. The number of aromatic amines is 1. The summed E-state index contributed by atoms with van der Waals surface area (Å²) in [6, 6.07) is 18.5. The molecule has 0 radical (unpaired) electrons. The lowest BCUT2D eigenvalue weighted by atomic mass is 10.0. The molecule has 0 bridgehead atoms. The molecule has 3 aromatic carbocycles. The Balaban J connectivity index is 1.26. The number of rotatable bonds is 10. The third-order valence-electron chi connectivity index (χ3n) is 6.45. The van der Waals surface area contributed by atoms with Crippen LogP contribution in [-0.4, -0.2) is 58.6 Å². The van der Waals surface area contributed by atoms with Gasteiger partial charge in [-0.3, -0.25) is 9.69 Å². The summed E-state index contributed by atoms with van der Waals surface area (Å²) in [5.41, 5.74) is 3.98. The van der Waals surface area contributed by atoms with Crippen molar-refractivity contribution < 1.29 is 28.9 Å². The summed E-state index contributed by atoms with van der Waals surface area (Å²) in [5.74, 6) is 0.318. The number of hydrogen-bond donors (Lipinski definition) is 2. The number of thioether (sulfide) groups is 1. The normalized spacial score (nSPS) is 14.2. The van der Waals surface area contributed by atoms with Crippen LogP contribution >= 0.6 is 24.0 Å². The van der Waals surface area contributed by atoms with Crippen LogP contribution in [0.25, 0.3) is 28.1 Å². The van der Waals surface area contributed by atoms with E-state index in [0.29, 0.717) is 40.3 Å². The number of benzene rings is 3. The Morgan fingerprint density at radius 2 is 1.82 bits per heavy atom. The third kappa shape index (κ3) is 5.68. The van der Waals surface area contributed by atoms with Gasteiger partial charge >= 0.3 is 5.97 Å². The highest BCUT2D eigenvalue weighted by atomic mass is 32.2. The van der Waals surface area contributed by atoms with Gasteiger partial charge in [0.25, 0.3) is 5.91 Å². The van der Waals surface area contributed by atoms with E-state index in [-0.39, 0.29) is 11.5 Å². The lowest BCUT2D eigenvalue weighted by Gasteiger charge is -2.15. The number of carboxylic acid groups (broad SMARTS) is 1. The molecule has 0 unspecified atom stereocenters. The van der Waals surface area contributed by atoms with Gasteiger partial charge in [-0.2, -0.15) is 0 Å². The summed E-state index contributed by atoms with van der Waals surface area (Å²) < 4.78 is 17.1. The van der Waals surface area contributed by atoms with Crippen molar-refractivity contribution in [3.8, 4) is 28.4 Å². The highest BCUT2D eigenvalue weighted by Gasteiger charge is 2.31. The Morgan fingerprint density at radius 1 is 1.02 bits per heavy atom. The average molecular weight is 575 g/mol. The molecule has 204 valence electrons. The predicted octanol–water partition coefficient (Wildman–Crippen LogP) is 6.22. The molecule has 1 aliphatic rings. The number of hydrogen-bond acceptors (Lipinski definition) is 7. The average Bonchev–Trinajstić information content (AvgIpc) is 3.54. The number of methoxy groups -OCH3 is 2. The standard InChI is InChI=1S/C30H26N2O6S2/c1-36-24-8-4-18(14-22(24)19-5-7-23-20(16-19)10-11-31-23)15-27-28(33)32(30(39)40-27)12-3-13-38-25-9-6-21(29(34)35)17-26(25)37-2/h4-11,14-17,31H,3,12-13H2,1-2H3,(H,34,35). The number of carboxylic acids is 1. The summed E-state index contributed by atoms with van der Waals surface area (Å²) in [6.45, 7) is 0.689. The molecular weight excluding hydrogens is 548 g/mol. The van der Waals surface area contributed by atoms with E-state index in [4.69, 9.17) is 31.5 Å². The van der Waals surface area contributed by atoms with Gasteiger partial charge in [-0.15, -0.1) is 0 Å². The SMILES string of the molecule is COc1cc(C(=O)O)ccc1OCCCN1C(=O)C(=Cc2ccc(OC)c(-c3ccc4[nH]ccc4c3)c2)SC1=S. The maximum Gasteiger partial charge on any atom is 0.335 e. The third-order valence-corrected chi connectivity index (χ3v) is 7.83. The van der Waals surface area contributed by atoms with Crippen LogP contribution < -0.4 is 14.2 Å². The molecule has 2 N–H and O–H groups in total. The van der Waals surface area contributed by atoms with Gasteiger partial charge in [-0.1, -0.05) is 36.1 Å². The molecule has 1 saturated heterocycles. The van der Waals surface area contributed by atoms with E-state index in [1.54, 1.807) is 18.1 Å². The van der Waals surface area contributed by atoms with Crippen LogP contribution in [0.15, 0.2) is 71.8 Å². The van der Waals surface area contributed by atoms with Gasteiger partial charge in [0.05, 0.1) is 31.3 Å². The van der Waals surface area contributed by atoms with Crippen LogP contribution in [0.2, 0.25) is 0 Å². The first kappa shape index (κ1) is 27.3. The van der Waals surface area contributed by atoms with Gasteiger partial charge in [0.15, 0.2) is 11.5 Å². The van der Waals surface area contributed by atoms with E-state index in [1.165, 1.54) is 31.0 Å². The first-order valence-corrected chi connectivity index (χ1v) is 13.7. The van der Waals surface area contributed by atoms with Crippen LogP contribution in [0.4, 0.5) is 0 Å². The summed E-state index contributed by atoms with van der Waals surface area (Å²) >= 11 is 6.77. The fourth-order valence-corrected chi connectivity index (χ4v) is 5.74. The molecule has 10 heteroatoms. The molecule has 8 nitrogen and oxygen atoms in total. The highest BCUT2D eigenvalue weighted by molar-refractivity contribution is 8.26. The van der Waals surface area contributed by atoms with Crippen LogP contribution in [-0.2, 0) is 4.79 Å². The number of carbonyl (C=O) groups excluding carboxylic acids is 1. The second kappa shape index (κ2) is 11.8. The number of H-pyrrole nitrogens is 1. The van der Waals surface area contributed by atoms with Crippen molar-refractivity contribution >= 4 is 57.2 Å². The number of fused-ring (bicyclic) bond motifs is 1. The molecular formula is C30H26N2O6S2. The number of carbonyl (C=O) groups is 2. The summed E-state index contributed by atoms with van der Waals surface area (Å²) in [7, 11) is 3.09. The fourth-order valence-electron chi connectivity index (χ4n) is 4.43. The van der Waals surface area contributed by atoms with Crippen molar-refractivity contribution in [3.63, 3.8) is 0 Å². The monoisotopic (exact) mass is 574 g/mol. The van der Waals surface area contributed by atoms with Gasteiger partial charge in [0.2, 0.25) is 0 Å². The minimum absolute atomic E-state index is 0.110. The topological polar surface area (TPSA) is 101 Å². The molecule has 1 aliphatic heterocycles. The molecule has 1 amide bonds. The van der Waals surface area contributed by atoms with E-state index < -0.39 is 5.97 Å². The zero-order valence-electron chi connectivity index (χ0n) is 21.8. The second-order valence-electron chi connectivity index (χ2n) is 8.95. The van der Waals surface area contributed by atoms with Crippen molar-refractivity contribution in [2.45, 2.75) is 6.42 Å².